The highest BCUT2D eigenvalue weighted by Gasteiger charge is 2.17. The van der Waals surface area contributed by atoms with Crippen molar-refractivity contribution in [2.45, 2.75) is 5.16 Å². The molecule has 0 fully saturated rings. The molecule has 1 N–H and O–H groups in total. The lowest BCUT2D eigenvalue weighted by Crippen LogP contribution is -2.14. The average Bonchev–Trinajstić information content (AvgIpc) is 3.18. The Kier molecular flexibility index (Phi) is 5.88. The van der Waals surface area contributed by atoms with Gasteiger partial charge >= 0.3 is 0 Å². The maximum Gasteiger partial charge on any atom is 0.234 e. The Bertz CT molecular complexity index is 1120. The largest absolute Gasteiger partial charge is 0.325 e. The number of carbonyl (C=O) groups is 1. The summed E-state index contributed by atoms with van der Waals surface area (Å²) >= 11 is 7.50. The molecule has 29 heavy (non-hydrogen) atoms. The average molecular weight is 422 g/mol. The van der Waals surface area contributed by atoms with Crippen LogP contribution in [0.2, 0.25) is 5.02 Å². The van der Waals surface area contributed by atoms with Gasteiger partial charge in [-0.3, -0.25) is 14.3 Å². The second-order valence-corrected chi connectivity index (χ2v) is 7.44. The Morgan fingerprint density at radius 3 is 2.55 bits per heavy atom. The maximum absolute atomic E-state index is 12.3. The van der Waals surface area contributed by atoms with Gasteiger partial charge in [-0.2, -0.15) is 0 Å². The molecule has 1 amide bonds. The number of nitrogens with zero attached hydrogens (tertiary/aromatic N) is 4. The Labute approximate surface area is 177 Å². The zero-order chi connectivity index (χ0) is 20.1. The van der Waals surface area contributed by atoms with E-state index in [1.165, 1.54) is 11.8 Å². The van der Waals surface area contributed by atoms with Crippen molar-refractivity contribution in [3.63, 3.8) is 0 Å². The summed E-state index contributed by atoms with van der Waals surface area (Å²) in [5.41, 5.74) is 2.44. The van der Waals surface area contributed by atoms with Gasteiger partial charge in [-0.25, -0.2) is 0 Å². The molecule has 8 heteroatoms. The number of aromatic nitrogens is 4. The van der Waals surface area contributed by atoms with Crippen LogP contribution in [0.5, 0.6) is 0 Å². The predicted octanol–water partition coefficient (Wildman–Crippen LogP) is 4.71. The highest BCUT2D eigenvalue weighted by molar-refractivity contribution is 7.99. The molecular formula is C21H16ClN5OS. The second kappa shape index (κ2) is 8.89. The predicted molar refractivity (Wildman–Crippen MR) is 115 cm³/mol. The number of benzene rings is 2. The molecule has 0 atom stereocenters. The Balaban J connectivity index is 1.61. The first kappa shape index (κ1) is 19.2. The first-order valence-corrected chi connectivity index (χ1v) is 10.2. The van der Waals surface area contributed by atoms with Crippen molar-refractivity contribution in [2.75, 3.05) is 11.1 Å². The minimum atomic E-state index is -0.118. The number of pyridine rings is 1. The summed E-state index contributed by atoms with van der Waals surface area (Å²) in [6.45, 7) is 0. The van der Waals surface area contributed by atoms with E-state index in [1.807, 2.05) is 71.3 Å². The van der Waals surface area contributed by atoms with Crippen molar-refractivity contribution in [3.05, 3.63) is 84.1 Å². The molecule has 0 aliphatic carbocycles. The van der Waals surface area contributed by atoms with Crippen LogP contribution < -0.4 is 5.32 Å². The first-order valence-electron chi connectivity index (χ1n) is 8.80. The fourth-order valence-electron chi connectivity index (χ4n) is 2.75. The number of para-hydroxylation sites is 1. The van der Waals surface area contributed by atoms with Crippen molar-refractivity contribution >= 4 is 35.0 Å². The van der Waals surface area contributed by atoms with Crippen LogP contribution in [0.25, 0.3) is 17.1 Å². The summed E-state index contributed by atoms with van der Waals surface area (Å²) in [6.07, 6.45) is 3.40. The third-order valence-corrected chi connectivity index (χ3v) is 5.19. The van der Waals surface area contributed by atoms with Crippen LogP contribution in [-0.2, 0) is 4.79 Å². The van der Waals surface area contributed by atoms with E-state index in [2.05, 4.69) is 20.5 Å². The molecule has 0 saturated heterocycles. The van der Waals surface area contributed by atoms with E-state index in [0.29, 0.717) is 16.0 Å². The summed E-state index contributed by atoms with van der Waals surface area (Å²) in [6, 6.07) is 20.5. The molecule has 2 heterocycles. The van der Waals surface area contributed by atoms with Crippen LogP contribution in [0.15, 0.2) is 84.3 Å². The fourth-order valence-corrected chi connectivity index (χ4v) is 3.68. The number of anilines is 1. The van der Waals surface area contributed by atoms with E-state index in [-0.39, 0.29) is 11.7 Å². The van der Waals surface area contributed by atoms with Crippen LogP contribution in [0.1, 0.15) is 0 Å². The van der Waals surface area contributed by atoms with Crippen molar-refractivity contribution in [3.8, 4) is 17.1 Å². The van der Waals surface area contributed by atoms with Gasteiger partial charge in [0.05, 0.1) is 11.4 Å². The summed E-state index contributed by atoms with van der Waals surface area (Å²) in [4.78, 5) is 16.4. The first-order chi connectivity index (χ1) is 14.2. The van der Waals surface area contributed by atoms with Crippen LogP contribution in [0, 0.1) is 0 Å². The van der Waals surface area contributed by atoms with E-state index < -0.39 is 0 Å². The molecule has 0 unspecified atom stereocenters. The van der Waals surface area contributed by atoms with Gasteiger partial charge in [0.25, 0.3) is 0 Å². The molecule has 4 aromatic rings. The number of amides is 1. The molecule has 6 nitrogen and oxygen atoms in total. The highest BCUT2D eigenvalue weighted by atomic mass is 35.5. The van der Waals surface area contributed by atoms with E-state index in [4.69, 9.17) is 11.6 Å². The third-order valence-electron chi connectivity index (χ3n) is 4.03. The van der Waals surface area contributed by atoms with E-state index in [9.17, 15) is 4.79 Å². The monoisotopic (exact) mass is 421 g/mol. The molecule has 0 aliphatic heterocycles. The lowest BCUT2D eigenvalue weighted by molar-refractivity contribution is -0.113. The number of rotatable bonds is 6. The van der Waals surface area contributed by atoms with Gasteiger partial charge in [0, 0.05) is 28.7 Å². The van der Waals surface area contributed by atoms with Crippen LogP contribution in [0.3, 0.4) is 0 Å². The van der Waals surface area contributed by atoms with Gasteiger partial charge in [0.2, 0.25) is 5.91 Å². The van der Waals surface area contributed by atoms with Gasteiger partial charge in [-0.1, -0.05) is 47.6 Å². The molecule has 144 valence electrons. The molecule has 2 aromatic carbocycles. The van der Waals surface area contributed by atoms with Gasteiger partial charge in [0.1, 0.15) is 0 Å². The summed E-state index contributed by atoms with van der Waals surface area (Å²) in [5.74, 6) is 0.733. The Morgan fingerprint density at radius 2 is 1.79 bits per heavy atom. The standard InChI is InChI=1S/C21H16ClN5OS/c22-16-5-4-8-18(13-16)27-20(15-9-11-23-12-10-15)25-26-21(27)29-14-19(28)24-17-6-2-1-3-7-17/h1-13H,14H2,(H,24,28). The van der Waals surface area contributed by atoms with E-state index in [1.54, 1.807) is 12.4 Å². The van der Waals surface area contributed by atoms with Crippen LogP contribution in [0.4, 0.5) is 5.69 Å². The van der Waals surface area contributed by atoms with Gasteiger partial charge < -0.3 is 5.32 Å². The summed E-state index contributed by atoms with van der Waals surface area (Å²) in [7, 11) is 0. The molecule has 0 aliphatic rings. The normalized spacial score (nSPS) is 10.7. The third kappa shape index (κ3) is 4.64. The summed E-state index contributed by atoms with van der Waals surface area (Å²) < 4.78 is 1.89. The highest BCUT2D eigenvalue weighted by Crippen LogP contribution is 2.28. The van der Waals surface area contributed by atoms with E-state index >= 15 is 0 Å². The SMILES string of the molecule is O=C(CSc1nnc(-c2ccncc2)n1-c1cccc(Cl)c1)Nc1ccccc1. The number of thioether (sulfide) groups is 1. The lowest BCUT2D eigenvalue weighted by atomic mass is 10.2. The van der Waals surface area contributed by atoms with Crippen LogP contribution >= 0.6 is 23.4 Å². The number of carbonyl (C=O) groups excluding carboxylic acids is 1. The molecule has 4 rings (SSSR count). The lowest BCUT2D eigenvalue weighted by Gasteiger charge is -2.11. The molecule has 2 aromatic heterocycles. The van der Waals surface area contributed by atoms with Gasteiger partial charge in [-0.05, 0) is 42.5 Å². The number of hydrogen-bond donors (Lipinski definition) is 1. The Hall–Kier alpha value is -3.16. The van der Waals surface area contributed by atoms with Crippen LogP contribution in [-0.4, -0.2) is 31.4 Å². The van der Waals surface area contributed by atoms with Crippen molar-refractivity contribution in [1.82, 2.24) is 19.7 Å². The zero-order valence-corrected chi connectivity index (χ0v) is 16.8. The quantitative estimate of drug-likeness (QED) is 0.456. The summed E-state index contributed by atoms with van der Waals surface area (Å²) in [5, 5.41) is 12.7. The maximum atomic E-state index is 12.3. The number of hydrogen-bond acceptors (Lipinski definition) is 5. The molecule has 0 bridgehead atoms. The fraction of sp³-hybridized carbons (Fsp3) is 0.0476. The van der Waals surface area contributed by atoms with Gasteiger partial charge in [-0.15, -0.1) is 10.2 Å². The zero-order valence-electron chi connectivity index (χ0n) is 15.2. The number of halogens is 1. The molecule has 0 spiro atoms. The van der Waals surface area contributed by atoms with Gasteiger partial charge in [0.15, 0.2) is 11.0 Å². The van der Waals surface area contributed by atoms with Crippen molar-refractivity contribution in [2.24, 2.45) is 0 Å². The van der Waals surface area contributed by atoms with Crippen molar-refractivity contribution < 1.29 is 4.79 Å². The molecule has 0 saturated carbocycles. The minimum Gasteiger partial charge on any atom is -0.325 e. The van der Waals surface area contributed by atoms with E-state index in [0.717, 1.165) is 16.9 Å². The molecular weight excluding hydrogens is 406 g/mol. The minimum absolute atomic E-state index is 0.118. The topological polar surface area (TPSA) is 72.7 Å². The number of nitrogens with one attached hydrogen (secondary N) is 1. The second-order valence-electron chi connectivity index (χ2n) is 6.06. The van der Waals surface area contributed by atoms with Crippen molar-refractivity contribution in [1.29, 1.82) is 0 Å². The molecule has 0 radical (unpaired) electrons. The smallest absolute Gasteiger partial charge is 0.234 e. The Morgan fingerprint density at radius 1 is 1.00 bits per heavy atom.